The molecular weight excluding hydrogens is 302 g/mol. The molecule has 0 bridgehead atoms. The van der Waals surface area contributed by atoms with Crippen LogP contribution < -0.4 is 19.5 Å². The van der Waals surface area contributed by atoms with Crippen molar-refractivity contribution in [3.63, 3.8) is 0 Å². The Kier molecular flexibility index (Phi) is 6.37. The second-order valence-electron chi connectivity index (χ2n) is 4.64. The maximum absolute atomic E-state index is 6.02. The highest BCUT2D eigenvalue weighted by Crippen LogP contribution is 2.28. The van der Waals surface area contributed by atoms with Crippen molar-refractivity contribution in [2.75, 3.05) is 27.4 Å². The van der Waals surface area contributed by atoms with E-state index in [-0.39, 0.29) is 0 Å². The van der Waals surface area contributed by atoms with Crippen LogP contribution in [0.2, 0.25) is 5.02 Å². The first-order chi connectivity index (χ1) is 10.7. The van der Waals surface area contributed by atoms with E-state index in [1.165, 1.54) is 0 Å². The van der Waals surface area contributed by atoms with E-state index in [2.05, 4.69) is 5.32 Å². The number of rotatable bonds is 8. The van der Waals surface area contributed by atoms with Crippen LogP contribution in [-0.4, -0.2) is 27.4 Å². The third-order valence-electron chi connectivity index (χ3n) is 3.04. The van der Waals surface area contributed by atoms with Gasteiger partial charge < -0.3 is 19.5 Å². The van der Waals surface area contributed by atoms with Crippen LogP contribution in [0.4, 0.5) is 0 Å². The molecule has 0 aliphatic carbocycles. The van der Waals surface area contributed by atoms with Crippen molar-refractivity contribution in [3.05, 3.63) is 53.1 Å². The fraction of sp³-hybridized carbons (Fsp3) is 0.294. The molecule has 0 aliphatic rings. The summed E-state index contributed by atoms with van der Waals surface area (Å²) in [5, 5.41) is 3.70. The zero-order valence-corrected chi connectivity index (χ0v) is 13.5. The first-order valence-electron chi connectivity index (χ1n) is 7.06. The smallest absolute Gasteiger partial charge is 0.161 e. The molecule has 0 radical (unpaired) electrons. The van der Waals surface area contributed by atoms with Crippen LogP contribution in [-0.2, 0) is 6.54 Å². The van der Waals surface area contributed by atoms with Gasteiger partial charge in [-0.3, -0.25) is 0 Å². The summed E-state index contributed by atoms with van der Waals surface area (Å²) in [6.07, 6.45) is 0. The maximum atomic E-state index is 6.02. The number of methoxy groups -OCH3 is 1. The van der Waals surface area contributed by atoms with Gasteiger partial charge in [-0.1, -0.05) is 29.8 Å². The van der Waals surface area contributed by atoms with Crippen LogP contribution in [0.1, 0.15) is 5.56 Å². The van der Waals surface area contributed by atoms with E-state index in [4.69, 9.17) is 25.8 Å². The summed E-state index contributed by atoms with van der Waals surface area (Å²) in [5.41, 5.74) is 1.14. The van der Waals surface area contributed by atoms with Crippen molar-refractivity contribution in [3.8, 4) is 17.2 Å². The molecule has 0 aliphatic heterocycles. The van der Waals surface area contributed by atoms with Crippen molar-refractivity contribution < 1.29 is 14.2 Å². The highest BCUT2D eigenvalue weighted by atomic mass is 35.5. The van der Waals surface area contributed by atoms with Crippen molar-refractivity contribution in [2.24, 2.45) is 0 Å². The molecule has 2 rings (SSSR count). The van der Waals surface area contributed by atoms with Crippen molar-refractivity contribution in [1.29, 1.82) is 0 Å². The second kappa shape index (κ2) is 8.51. The molecule has 0 unspecified atom stereocenters. The Bertz CT molecular complexity index is 604. The van der Waals surface area contributed by atoms with Crippen molar-refractivity contribution in [1.82, 2.24) is 5.32 Å². The molecule has 0 aromatic heterocycles. The minimum absolute atomic E-state index is 0.408. The predicted molar refractivity (Wildman–Crippen MR) is 88.2 cm³/mol. The van der Waals surface area contributed by atoms with E-state index in [1.54, 1.807) is 13.2 Å². The fourth-order valence-corrected chi connectivity index (χ4v) is 2.20. The monoisotopic (exact) mass is 321 g/mol. The minimum atomic E-state index is 0.408. The summed E-state index contributed by atoms with van der Waals surface area (Å²) in [6.45, 7) is 1.60. The van der Waals surface area contributed by atoms with Gasteiger partial charge in [0.15, 0.2) is 11.5 Å². The van der Waals surface area contributed by atoms with E-state index in [0.29, 0.717) is 35.5 Å². The Balaban J connectivity index is 1.87. The van der Waals surface area contributed by atoms with Crippen LogP contribution in [0.5, 0.6) is 17.2 Å². The van der Waals surface area contributed by atoms with Crippen LogP contribution in [0.3, 0.4) is 0 Å². The molecule has 0 saturated carbocycles. The minimum Gasteiger partial charge on any atom is -0.493 e. The largest absolute Gasteiger partial charge is 0.493 e. The Labute approximate surface area is 136 Å². The molecule has 22 heavy (non-hydrogen) atoms. The van der Waals surface area contributed by atoms with Gasteiger partial charge >= 0.3 is 0 Å². The van der Waals surface area contributed by atoms with E-state index < -0.39 is 0 Å². The number of para-hydroxylation sites is 1. The van der Waals surface area contributed by atoms with Crippen LogP contribution >= 0.6 is 11.6 Å². The molecule has 5 heteroatoms. The van der Waals surface area contributed by atoms with Crippen molar-refractivity contribution in [2.45, 2.75) is 6.54 Å². The van der Waals surface area contributed by atoms with Gasteiger partial charge in [0, 0.05) is 6.54 Å². The predicted octanol–water partition coefficient (Wildman–Crippen LogP) is 3.53. The molecule has 0 fully saturated rings. The van der Waals surface area contributed by atoms with Gasteiger partial charge in [0.05, 0.1) is 12.1 Å². The van der Waals surface area contributed by atoms with Gasteiger partial charge in [0.25, 0.3) is 0 Å². The first-order valence-corrected chi connectivity index (χ1v) is 7.44. The second-order valence-corrected chi connectivity index (χ2v) is 5.05. The third-order valence-corrected chi connectivity index (χ3v) is 3.36. The molecule has 0 atom stereocenters. The molecule has 0 spiro atoms. The molecule has 0 saturated heterocycles. The zero-order chi connectivity index (χ0) is 15.8. The lowest BCUT2D eigenvalue weighted by molar-refractivity contribution is 0.211. The highest BCUT2D eigenvalue weighted by Gasteiger charge is 2.06. The number of benzene rings is 2. The standard InChI is InChI=1S/C17H20ClNO3/c1-19-12-13-7-8-16(17(11-13)20-2)22-10-9-21-15-6-4-3-5-14(15)18/h3-8,11,19H,9-10,12H2,1-2H3. The number of hydrogen-bond donors (Lipinski definition) is 1. The molecule has 118 valence electrons. The molecule has 2 aromatic rings. The summed E-state index contributed by atoms with van der Waals surface area (Å²) in [5.74, 6) is 2.07. The van der Waals surface area contributed by atoms with Gasteiger partial charge in [-0.05, 0) is 36.9 Å². The molecular formula is C17H20ClNO3. The lowest BCUT2D eigenvalue weighted by Crippen LogP contribution is -2.10. The van der Waals surface area contributed by atoms with E-state index in [1.807, 2.05) is 43.4 Å². The van der Waals surface area contributed by atoms with Gasteiger partial charge in [0.2, 0.25) is 0 Å². The Morgan fingerprint density at radius 2 is 1.68 bits per heavy atom. The maximum Gasteiger partial charge on any atom is 0.161 e. The average Bonchev–Trinajstić information content (AvgIpc) is 2.54. The van der Waals surface area contributed by atoms with E-state index in [0.717, 1.165) is 12.1 Å². The zero-order valence-electron chi connectivity index (χ0n) is 12.8. The summed E-state index contributed by atoms with van der Waals surface area (Å²) < 4.78 is 16.6. The topological polar surface area (TPSA) is 39.7 Å². The Morgan fingerprint density at radius 1 is 0.955 bits per heavy atom. The van der Waals surface area contributed by atoms with Gasteiger partial charge in [-0.2, -0.15) is 0 Å². The summed E-state index contributed by atoms with van der Waals surface area (Å²) in [4.78, 5) is 0. The van der Waals surface area contributed by atoms with Gasteiger partial charge in [-0.25, -0.2) is 0 Å². The summed E-state index contributed by atoms with van der Waals surface area (Å²) in [6, 6.07) is 13.2. The number of nitrogens with one attached hydrogen (secondary N) is 1. The molecule has 2 aromatic carbocycles. The van der Waals surface area contributed by atoms with Crippen molar-refractivity contribution >= 4 is 11.6 Å². The number of ether oxygens (including phenoxy) is 3. The quantitative estimate of drug-likeness (QED) is 0.755. The number of hydrogen-bond acceptors (Lipinski definition) is 4. The van der Waals surface area contributed by atoms with Gasteiger partial charge in [-0.15, -0.1) is 0 Å². The molecule has 0 heterocycles. The van der Waals surface area contributed by atoms with Gasteiger partial charge in [0.1, 0.15) is 19.0 Å². The summed E-state index contributed by atoms with van der Waals surface area (Å²) in [7, 11) is 3.54. The number of halogens is 1. The summed E-state index contributed by atoms with van der Waals surface area (Å²) >= 11 is 6.02. The first kappa shape index (κ1) is 16.5. The highest BCUT2D eigenvalue weighted by molar-refractivity contribution is 6.32. The molecule has 4 nitrogen and oxygen atoms in total. The van der Waals surface area contributed by atoms with E-state index in [9.17, 15) is 0 Å². The lowest BCUT2D eigenvalue weighted by Gasteiger charge is -2.13. The fourth-order valence-electron chi connectivity index (χ4n) is 2.01. The molecule has 1 N–H and O–H groups in total. The average molecular weight is 322 g/mol. The van der Waals surface area contributed by atoms with Crippen LogP contribution in [0.25, 0.3) is 0 Å². The SMILES string of the molecule is CNCc1ccc(OCCOc2ccccc2Cl)c(OC)c1. The molecule has 0 amide bonds. The van der Waals surface area contributed by atoms with Crippen LogP contribution in [0, 0.1) is 0 Å². The van der Waals surface area contributed by atoms with E-state index >= 15 is 0 Å². The normalized spacial score (nSPS) is 10.3. The lowest BCUT2D eigenvalue weighted by atomic mass is 10.2. The third kappa shape index (κ3) is 4.55. The Morgan fingerprint density at radius 3 is 2.36 bits per heavy atom. The van der Waals surface area contributed by atoms with Crippen LogP contribution in [0.15, 0.2) is 42.5 Å². The Hall–Kier alpha value is -1.91.